The summed E-state index contributed by atoms with van der Waals surface area (Å²) in [7, 11) is -4.00. The Balaban J connectivity index is 2.32. The van der Waals surface area contributed by atoms with Crippen molar-refractivity contribution < 1.29 is 22.8 Å². The van der Waals surface area contributed by atoms with Crippen molar-refractivity contribution in [3.05, 3.63) is 40.5 Å². The number of carboxylic acids is 1. The highest BCUT2D eigenvalue weighted by Crippen LogP contribution is 2.21. The molecule has 8 nitrogen and oxygen atoms in total. The van der Waals surface area contributed by atoms with Crippen LogP contribution in [-0.4, -0.2) is 29.6 Å². The van der Waals surface area contributed by atoms with Gasteiger partial charge in [-0.05, 0) is 32.0 Å². The fourth-order valence-corrected chi connectivity index (χ4v) is 3.25. The highest BCUT2D eigenvalue weighted by molar-refractivity contribution is 7.89. The molecule has 0 fully saturated rings. The van der Waals surface area contributed by atoms with E-state index in [9.17, 15) is 13.2 Å². The molecule has 2 N–H and O–H groups in total. The molecule has 2 aromatic rings. The van der Waals surface area contributed by atoms with E-state index in [0.717, 1.165) is 18.2 Å². The summed E-state index contributed by atoms with van der Waals surface area (Å²) in [5.74, 6) is -0.807. The number of halogens is 1. The minimum atomic E-state index is -4.00. The lowest BCUT2D eigenvalue weighted by Crippen LogP contribution is -2.27. The lowest BCUT2D eigenvalue weighted by Gasteiger charge is -2.11. The first-order valence-electron chi connectivity index (χ1n) is 6.05. The second-order valence-electron chi connectivity index (χ2n) is 4.50. The zero-order valence-electron chi connectivity index (χ0n) is 11.6. The predicted molar refractivity (Wildman–Crippen MR) is 76.2 cm³/mol. The number of aromatic carboxylic acids is 1. The summed E-state index contributed by atoms with van der Waals surface area (Å²) in [4.78, 5) is 14.6. The number of rotatable bonds is 5. The summed E-state index contributed by atoms with van der Waals surface area (Å²) in [6.07, 6.45) is 0. The molecule has 2 rings (SSSR count). The van der Waals surface area contributed by atoms with Gasteiger partial charge in [0.15, 0.2) is 5.82 Å². The van der Waals surface area contributed by atoms with Crippen LogP contribution in [0.3, 0.4) is 0 Å². The number of carbonyl (C=O) groups is 1. The van der Waals surface area contributed by atoms with E-state index in [1.54, 1.807) is 6.92 Å². The first-order valence-corrected chi connectivity index (χ1v) is 7.91. The maximum atomic E-state index is 12.3. The van der Waals surface area contributed by atoms with Crippen molar-refractivity contribution in [2.45, 2.75) is 24.8 Å². The van der Waals surface area contributed by atoms with E-state index in [1.165, 1.54) is 6.92 Å². The Bertz CT molecular complexity index is 818. The zero-order chi connectivity index (χ0) is 16.5. The predicted octanol–water partition coefficient (Wildman–Crippen LogP) is 1.77. The third kappa shape index (κ3) is 3.62. The van der Waals surface area contributed by atoms with Crippen LogP contribution >= 0.6 is 11.6 Å². The van der Waals surface area contributed by atoms with Gasteiger partial charge >= 0.3 is 5.97 Å². The fraction of sp³-hybridized carbons (Fsp3) is 0.250. The summed E-state index contributed by atoms with van der Waals surface area (Å²) < 4.78 is 31.8. The summed E-state index contributed by atoms with van der Waals surface area (Å²) in [5, 5.41) is 12.5. The smallest absolute Gasteiger partial charge is 0.335 e. The molecule has 10 heteroatoms. The minimum absolute atomic E-state index is 0.00145. The molecule has 0 aliphatic heterocycles. The van der Waals surface area contributed by atoms with Gasteiger partial charge in [0.05, 0.1) is 16.5 Å². The molecule has 0 radical (unpaired) electrons. The van der Waals surface area contributed by atoms with Crippen LogP contribution in [-0.2, 0) is 10.0 Å². The van der Waals surface area contributed by atoms with Crippen LogP contribution in [0.15, 0.2) is 27.6 Å². The lowest BCUT2D eigenvalue weighted by molar-refractivity contribution is 0.0696. The Morgan fingerprint density at radius 2 is 2.09 bits per heavy atom. The van der Waals surface area contributed by atoms with Gasteiger partial charge in [-0.3, -0.25) is 0 Å². The molecule has 1 aromatic carbocycles. The van der Waals surface area contributed by atoms with E-state index in [0.29, 0.717) is 5.82 Å². The Morgan fingerprint density at radius 1 is 1.41 bits per heavy atom. The molecule has 1 aromatic heterocycles. The summed E-state index contributed by atoms with van der Waals surface area (Å²) in [5.41, 5.74) is -0.228. The van der Waals surface area contributed by atoms with E-state index in [4.69, 9.17) is 21.2 Å². The number of hydrogen-bond donors (Lipinski definition) is 2. The van der Waals surface area contributed by atoms with E-state index in [1.807, 2.05) is 0 Å². The first-order chi connectivity index (χ1) is 10.2. The van der Waals surface area contributed by atoms with Gasteiger partial charge in [-0.2, -0.15) is 9.71 Å². The number of benzene rings is 1. The Labute approximate surface area is 131 Å². The van der Waals surface area contributed by atoms with Gasteiger partial charge in [0.1, 0.15) is 0 Å². The van der Waals surface area contributed by atoms with E-state index < -0.39 is 22.0 Å². The summed E-state index contributed by atoms with van der Waals surface area (Å²) >= 11 is 5.76. The van der Waals surface area contributed by atoms with E-state index in [2.05, 4.69) is 14.9 Å². The van der Waals surface area contributed by atoms with Gasteiger partial charge in [-0.15, -0.1) is 0 Å². The third-order valence-corrected chi connectivity index (χ3v) is 4.41. The standard InChI is InChI=1S/C12H12ClN3O5S/c1-6(11-14-7(2)15-21-11)16-22(19,20)10-4-8(12(17)18)3-9(13)5-10/h3-6,16H,1-2H3,(H,17,18). The maximum absolute atomic E-state index is 12.3. The Hall–Kier alpha value is -1.97. The highest BCUT2D eigenvalue weighted by atomic mass is 35.5. The monoisotopic (exact) mass is 345 g/mol. The van der Waals surface area contributed by atoms with Crippen molar-refractivity contribution in [3.63, 3.8) is 0 Å². The van der Waals surface area contributed by atoms with Crippen LogP contribution in [0.1, 0.15) is 35.0 Å². The SMILES string of the molecule is Cc1noc(C(C)NS(=O)(=O)c2cc(Cl)cc(C(=O)O)c2)n1. The van der Waals surface area contributed by atoms with Crippen LogP contribution in [0.2, 0.25) is 5.02 Å². The number of carboxylic acid groups (broad SMARTS) is 1. The molecule has 0 spiro atoms. The molecule has 22 heavy (non-hydrogen) atoms. The van der Waals surface area contributed by atoms with Crippen molar-refractivity contribution in [2.75, 3.05) is 0 Å². The van der Waals surface area contributed by atoms with Gasteiger partial charge in [-0.25, -0.2) is 13.2 Å². The van der Waals surface area contributed by atoms with Crippen LogP contribution in [0.4, 0.5) is 0 Å². The molecule has 0 saturated carbocycles. The van der Waals surface area contributed by atoms with Gasteiger partial charge < -0.3 is 9.63 Å². The molecule has 1 unspecified atom stereocenters. The van der Waals surface area contributed by atoms with E-state index >= 15 is 0 Å². The van der Waals surface area contributed by atoms with Crippen LogP contribution < -0.4 is 4.72 Å². The number of nitrogens with zero attached hydrogens (tertiary/aromatic N) is 2. The number of sulfonamides is 1. The van der Waals surface area contributed by atoms with Crippen LogP contribution in [0, 0.1) is 6.92 Å². The third-order valence-electron chi connectivity index (χ3n) is 2.67. The second-order valence-corrected chi connectivity index (χ2v) is 6.65. The second kappa shape index (κ2) is 6.03. The van der Waals surface area contributed by atoms with Gasteiger partial charge in [-0.1, -0.05) is 16.8 Å². The topological polar surface area (TPSA) is 122 Å². The van der Waals surface area contributed by atoms with Crippen molar-refractivity contribution >= 4 is 27.6 Å². The van der Waals surface area contributed by atoms with E-state index in [-0.39, 0.29) is 21.4 Å². The lowest BCUT2D eigenvalue weighted by atomic mass is 10.2. The highest BCUT2D eigenvalue weighted by Gasteiger charge is 2.23. The first kappa shape index (κ1) is 16.4. The molecule has 1 heterocycles. The van der Waals surface area contributed by atoms with Crippen molar-refractivity contribution in [1.29, 1.82) is 0 Å². The Kier molecular flexibility index (Phi) is 4.50. The number of nitrogens with one attached hydrogen (secondary N) is 1. The molecule has 0 saturated heterocycles. The molecule has 0 aliphatic carbocycles. The van der Waals surface area contributed by atoms with Crippen molar-refractivity contribution in [3.8, 4) is 0 Å². The molecule has 0 aliphatic rings. The summed E-state index contributed by atoms with van der Waals surface area (Å²) in [6, 6.07) is 2.55. The van der Waals surface area contributed by atoms with Crippen molar-refractivity contribution in [2.24, 2.45) is 0 Å². The average molecular weight is 346 g/mol. The molecule has 118 valence electrons. The Morgan fingerprint density at radius 3 is 2.64 bits per heavy atom. The molecule has 0 bridgehead atoms. The fourth-order valence-electron chi connectivity index (χ4n) is 1.68. The molecular formula is C12H12ClN3O5S. The maximum Gasteiger partial charge on any atom is 0.335 e. The summed E-state index contributed by atoms with van der Waals surface area (Å²) in [6.45, 7) is 3.12. The molecule has 0 amide bonds. The number of aromatic nitrogens is 2. The van der Waals surface area contributed by atoms with Gasteiger partial charge in [0.25, 0.3) is 0 Å². The van der Waals surface area contributed by atoms with Crippen molar-refractivity contribution in [1.82, 2.24) is 14.9 Å². The average Bonchev–Trinajstić information content (AvgIpc) is 2.84. The number of hydrogen-bond acceptors (Lipinski definition) is 6. The van der Waals surface area contributed by atoms with Crippen LogP contribution in [0.5, 0.6) is 0 Å². The van der Waals surface area contributed by atoms with Gasteiger partial charge in [0.2, 0.25) is 15.9 Å². The molecule has 1 atom stereocenters. The largest absolute Gasteiger partial charge is 0.478 e. The van der Waals surface area contributed by atoms with Gasteiger partial charge in [0, 0.05) is 5.02 Å². The van der Waals surface area contributed by atoms with Crippen LogP contribution in [0.25, 0.3) is 0 Å². The number of aryl methyl sites for hydroxylation is 1. The zero-order valence-corrected chi connectivity index (χ0v) is 13.1. The normalized spacial score (nSPS) is 13.0. The molecular weight excluding hydrogens is 334 g/mol. The minimum Gasteiger partial charge on any atom is -0.478 e. The quantitative estimate of drug-likeness (QED) is 0.846.